The number of amides is 1. The van der Waals surface area contributed by atoms with E-state index in [1.165, 1.54) is 22.5 Å². The number of carbonyl (C=O) groups excluding carboxylic acids is 1. The van der Waals surface area contributed by atoms with Gasteiger partial charge < -0.3 is 5.32 Å². The standard InChI is InChI=1S/C17H20N2OS/c1-17(2,3)14-10-21-16(18-14)19-15(20)13-8-11-6-4-5-7-12(11)9-13/h4-7,10,13H,8-9H2,1-3H3,(H,18,19,20). The van der Waals surface area contributed by atoms with Crippen molar-refractivity contribution in [3.05, 3.63) is 46.5 Å². The van der Waals surface area contributed by atoms with E-state index in [1.54, 1.807) is 0 Å². The summed E-state index contributed by atoms with van der Waals surface area (Å²) in [6, 6.07) is 8.30. The van der Waals surface area contributed by atoms with Gasteiger partial charge in [-0.25, -0.2) is 4.98 Å². The molecule has 0 saturated heterocycles. The smallest absolute Gasteiger partial charge is 0.229 e. The van der Waals surface area contributed by atoms with Crippen molar-refractivity contribution in [3.63, 3.8) is 0 Å². The largest absolute Gasteiger partial charge is 0.302 e. The average Bonchev–Trinajstić information content (AvgIpc) is 3.03. The van der Waals surface area contributed by atoms with Crippen molar-refractivity contribution in [1.82, 2.24) is 4.98 Å². The van der Waals surface area contributed by atoms with Crippen LogP contribution in [0, 0.1) is 5.92 Å². The molecule has 3 nitrogen and oxygen atoms in total. The summed E-state index contributed by atoms with van der Waals surface area (Å²) < 4.78 is 0. The Morgan fingerprint density at radius 2 is 1.86 bits per heavy atom. The number of carbonyl (C=O) groups is 1. The molecule has 0 bridgehead atoms. The summed E-state index contributed by atoms with van der Waals surface area (Å²) in [7, 11) is 0. The maximum atomic E-state index is 12.4. The van der Waals surface area contributed by atoms with E-state index in [9.17, 15) is 4.79 Å². The maximum absolute atomic E-state index is 12.4. The number of nitrogens with zero attached hydrogens (tertiary/aromatic N) is 1. The van der Waals surface area contributed by atoms with Crippen LogP contribution in [-0.2, 0) is 23.1 Å². The van der Waals surface area contributed by atoms with Crippen LogP contribution in [-0.4, -0.2) is 10.9 Å². The van der Waals surface area contributed by atoms with Crippen LogP contribution in [0.15, 0.2) is 29.6 Å². The van der Waals surface area contributed by atoms with Crippen LogP contribution < -0.4 is 5.32 Å². The van der Waals surface area contributed by atoms with E-state index < -0.39 is 0 Å². The van der Waals surface area contributed by atoms with E-state index in [0.29, 0.717) is 5.13 Å². The Morgan fingerprint density at radius 1 is 1.24 bits per heavy atom. The van der Waals surface area contributed by atoms with Crippen LogP contribution in [0.25, 0.3) is 0 Å². The van der Waals surface area contributed by atoms with Gasteiger partial charge in [-0.3, -0.25) is 4.79 Å². The third-order valence-corrected chi connectivity index (χ3v) is 4.68. The highest BCUT2D eigenvalue weighted by Gasteiger charge is 2.28. The minimum Gasteiger partial charge on any atom is -0.302 e. The monoisotopic (exact) mass is 300 g/mol. The number of thiazole rings is 1. The van der Waals surface area contributed by atoms with Gasteiger partial charge >= 0.3 is 0 Å². The van der Waals surface area contributed by atoms with Crippen molar-refractivity contribution in [2.75, 3.05) is 5.32 Å². The number of benzene rings is 1. The third-order valence-electron chi connectivity index (χ3n) is 3.92. The molecule has 1 aliphatic rings. The highest BCUT2D eigenvalue weighted by atomic mass is 32.1. The van der Waals surface area contributed by atoms with E-state index in [2.05, 4.69) is 43.2 Å². The zero-order valence-corrected chi connectivity index (χ0v) is 13.5. The highest BCUT2D eigenvalue weighted by Crippen LogP contribution is 2.29. The molecule has 21 heavy (non-hydrogen) atoms. The maximum Gasteiger partial charge on any atom is 0.229 e. The zero-order valence-electron chi connectivity index (χ0n) is 12.6. The molecule has 4 heteroatoms. The molecule has 0 spiro atoms. The lowest BCUT2D eigenvalue weighted by atomic mass is 9.93. The predicted molar refractivity (Wildman–Crippen MR) is 86.8 cm³/mol. The first-order valence-electron chi connectivity index (χ1n) is 7.27. The number of rotatable bonds is 2. The van der Waals surface area contributed by atoms with E-state index in [0.717, 1.165) is 18.5 Å². The first-order chi connectivity index (χ1) is 9.93. The first kappa shape index (κ1) is 14.3. The molecule has 0 fully saturated rings. The van der Waals surface area contributed by atoms with Crippen LogP contribution in [0.3, 0.4) is 0 Å². The van der Waals surface area contributed by atoms with Crippen molar-refractivity contribution >= 4 is 22.4 Å². The fraction of sp³-hybridized carbons (Fsp3) is 0.412. The number of anilines is 1. The number of aromatic nitrogens is 1. The Morgan fingerprint density at radius 3 is 2.38 bits per heavy atom. The average molecular weight is 300 g/mol. The molecule has 1 N–H and O–H groups in total. The second kappa shape index (κ2) is 5.26. The van der Waals surface area contributed by atoms with E-state index in [4.69, 9.17) is 0 Å². The quantitative estimate of drug-likeness (QED) is 0.916. The molecule has 0 radical (unpaired) electrons. The topological polar surface area (TPSA) is 42.0 Å². The molecule has 1 aliphatic carbocycles. The van der Waals surface area contributed by atoms with Gasteiger partial charge in [-0.15, -0.1) is 11.3 Å². The highest BCUT2D eigenvalue weighted by molar-refractivity contribution is 7.13. The molecule has 0 aliphatic heterocycles. The minimum atomic E-state index is 0.0169. The molecule has 0 atom stereocenters. The number of hydrogen-bond acceptors (Lipinski definition) is 3. The zero-order chi connectivity index (χ0) is 15.0. The lowest BCUT2D eigenvalue weighted by Crippen LogP contribution is -2.23. The lowest BCUT2D eigenvalue weighted by Gasteiger charge is -2.14. The van der Waals surface area contributed by atoms with Gasteiger partial charge in [0.1, 0.15) is 0 Å². The number of fused-ring (bicyclic) bond motifs is 1. The summed E-state index contributed by atoms with van der Waals surface area (Å²) in [4.78, 5) is 16.9. The molecule has 2 aromatic rings. The number of hydrogen-bond donors (Lipinski definition) is 1. The van der Waals surface area contributed by atoms with Crippen molar-refractivity contribution in [2.45, 2.75) is 39.0 Å². The molecule has 0 saturated carbocycles. The van der Waals surface area contributed by atoms with Crippen molar-refractivity contribution in [3.8, 4) is 0 Å². The minimum absolute atomic E-state index is 0.0169. The molecule has 1 aromatic heterocycles. The summed E-state index contributed by atoms with van der Waals surface area (Å²) in [5, 5.41) is 5.72. The Kier molecular flexibility index (Phi) is 3.57. The molecule has 1 heterocycles. The fourth-order valence-corrected chi connectivity index (χ4v) is 3.57. The molecule has 110 valence electrons. The van der Waals surface area contributed by atoms with Gasteiger partial charge in [-0.1, -0.05) is 45.0 Å². The van der Waals surface area contributed by atoms with Gasteiger partial charge in [0.05, 0.1) is 5.69 Å². The molecular formula is C17H20N2OS. The molecule has 0 unspecified atom stereocenters. The van der Waals surface area contributed by atoms with Gasteiger partial charge in [0.25, 0.3) is 0 Å². The van der Waals surface area contributed by atoms with Crippen LogP contribution >= 0.6 is 11.3 Å². The normalized spacial score (nSPS) is 15.0. The predicted octanol–water partition coefficient (Wildman–Crippen LogP) is 3.79. The molecule has 3 rings (SSSR count). The van der Waals surface area contributed by atoms with E-state index in [1.807, 2.05) is 17.5 Å². The SMILES string of the molecule is CC(C)(C)c1csc(NC(=O)C2Cc3ccccc3C2)n1. The Bertz CT molecular complexity index is 644. The summed E-state index contributed by atoms with van der Waals surface area (Å²) in [6.07, 6.45) is 1.67. The van der Waals surface area contributed by atoms with Crippen LogP contribution in [0.4, 0.5) is 5.13 Å². The summed E-state index contributed by atoms with van der Waals surface area (Å²) in [6.45, 7) is 6.38. The summed E-state index contributed by atoms with van der Waals surface area (Å²) >= 11 is 1.50. The number of nitrogens with one attached hydrogen (secondary N) is 1. The van der Waals surface area contributed by atoms with Gasteiger partial charge in [0.2, 0.25) is 5.91 Å². The van der Waals surface area contributed by atoms with Crippen molar-refractivity contribution in [1.29, 1.82) is 0 Å². The van der Waals surface area contributed by atoms with Gasteiger partial charge in [0, 0.05) is 16.7 Å². The van der Waals surface area contributed by atoms with Gasteiger partial charge in [0.15, 0.2) is 5.13 Å². The van der Waals surface area contributed by atoms with Crippen molar-refractivity contribution < 1.29 is 4.79 Å². The van der Waals surface area contributed by atoms with E-state index >= 15 is 0 Å². The van der Waals surface area contributed by atoms with Crippen LogP contribution in [0.2, 0.25) is 0 Å². The van der Waals surface area contributed by atoms with Crippen LogP contribution in [0.1, 0.15) is 37.6 Å². The lowest BCUT2D eigenvalue weighted by molar-refractivity contribution is -0.119. The second-order valence-corrected chi connectivity index (χ2v) is 7.51. The molecule has 1 aromatic carbocycles. The Balaban J connectivity index is 1.67. The molecular weight excluding hydrogens is 280 g/mol. The third kappa shape index (κ3) is 3.00. The van der Waals surface area contributed by atoms with E-state index in [-0.39, 0.29) is 17.2 Å². The Hall–Kier alpha value is -1.68. The van der Waals surface area contributed by atoms with Gasteiger partial charge in [-0.2, -0.15) is 0 Å². The fourth-order valence-electron chi connectivity index (χ4n) is 2.63. The Labute approximate surface area is 129 Å². The summed E-state index contributed by atoms with van der Waals surface area (Å²) in [5.74, 6) is 0.116. The van der Waals surface area contributed by atoms with Gasteiger partial charge in [-0.05, 0) is 24.0 Å². The van der Waals surface area contributed by atoms with Crippen LogP contribution in [0.5, 0.6) is 0 Å². The van der Waals surface area contributed by atoms with Crippen molar-refractivity contribution in [2.24, 2.45) is 5.92 Å². The summed E-state index contributed by atoms with van der Waals surface area (Å²) in [5.41, 5.74) is 3.64. The first-order valence-corrected chi connectivity index (χ1v) is 8.15. The molecule has 1 amide bonds. The second-order valence-electron chi connectivity index (χ2n) is 6.65.